The van der Waals surface area contributed by atoms with E-state index in [1.807, 2.05) is 50.2 Å². The van der Waals surface area contributed by atoms with Crippen molar-refractivity contribution in [3.63, 3.8) is 0 Å². The third-order valence-electron chi connectivity index (χ3n) is 4.00. The van der Waals surface area contributed by atoms with Crippen molar-refractivity contribution >= 4 is 17.4 Å². The largest absolute Gasteiger partial charge is 0.269 e. The second-order valence-electron chi connectivity index (χ2n) is 6.14. The lowest BCUT2D eigenvalue weighted by Crippen LogP contribution is -2.15. The number of aryl methyl sites for hydroxylation is 2. The quantitative estimate of drug-likeness (QED) is 0.563. The zero-order valence-electron chi connectivity index (χ0n) is 14.4. The molecule has 0 aliphatic heterocycles. The lowest BCUT2D eigenvalue weighted by molar-refractivity contribution is 0.967. The van der Waals surface area contributed by atoms with Crippen molar-refractivity contribution in [2.24, 2.45) is 0 Å². The van der Waals surface area contributed by atoms with Crippen LogP contribution in [0, 0.1) is 13.8 Å². The van der Waals surface area contributed by atoms with Crippen molar-refractivity contribution in [1.82, 2.24) is 24.6 Å². The second-order valence-corrected chi connectivity index (χ2v) is 7.08. The van der Waals surface area contributed by atoms with Gasteiger partial charge in [0, 0.05) is 23.6 Å². The minimum absolute atomic E-state index is 0.0790. The monoisotopic (exact) mass is 363 g/mol. The van der Waals surface area contributed by atoms with Crippen molar-refractivity contribution < 1.29 is 0 Å². The number of fused-ring (bicyclic) bond motifs is 1. The van der Waals surface area contributed by atoms with Crippen LogP contribution in [-0.2, 0) is 5.75 Å². The molecule has 1 N–H and O–H groups in total. The fourth-order valence-corrected chi connectivity index (χ4v) is 3.31. The Morgan fingerprint density at radius 3 is 2.62 bits per heavy atom. The van der Waals surface area contributed by atoms with Gasteiger partial charge >= 0.3 is 0 Å². The molecule has 0 fully saturated rings. The second kappa shape index (κ2) is 6.76. The number of hydrogen-bond acceptors (Lipinski definition) is 5. The average Bonchev–Trinajstić information content (AvgIpc) is 3.10. The molecule has 3 aromatic heterocycles. The van der Waals surface area contributed by atoms with Gasteiger partial charge in [0.25, 0.3) is 5.56 Å². The Hall–Kier alpha value is -2.93. The molecule has 0 atom stereocenters. The summed E-state index contributed by atoms with van der Waals surface area (Å²) < 4.78 is 1.56. The van der Waals surface area contributed by atoms with Crippen molar-refractivity contribution in [3.05, 3.63) is 75.8 Å². The van der Waals surface area contributed by atoms with E-state index in [9.17, 15) is 4.79 Å². The molecule has 1 aromatic carbocycles. The number of nitrogens with one attached hydrogen (secondary N) is 1. The summed E-state index contributed by atoms with van der Waals surface area (Å²) in [7, 11) is 0. The van der Waals surface area contributed by atoms with E-state index in [-0.39, 0.29) is 5.56 Å². The molecule has 4 aromatic rings. The molecule has 4 rings (SSSR count). The van der Waals surface area contributed by atoms with E-state index in [2.05, 4.69) is 20.2 Å². The van der Waals surface area contributed by atoms with Gasteiger partial charge in [-0.25, -0.2) is 9.97 Å². The Bertz CT molecular complexity index is 1130. The van der Waals surface area contributed by atoms with Gasteiger partial charge in [0.05, 0.1) is 5.69 Å². The smallest absolute Gasteiger partial charge is 0.258 e. The third-order valence-corrected chi connectivity index (χ3v) is 4.88. The van der Waals surface area contributed by atoms with Crippen LogP contribution >= 0.6 is 11.8 Å². The minimum atomic E-state index is -0.0790. The van der Waals surface area contributed by atoms with Gasteiger partial charge in [0.2, 0.25) is 5.16 Å². The number of benzene rings is 1. The highest BCUT2D eigenvalue weighted by Gasteiger charge is 2.08. The van der Waals surface area contributed by atoms with E-state index in [0.717, 1.165) is 17.0 Å². The summed E-state index contributed by atoms with van der Waals surface area (Å²) in [6.07, 6.45) is 1.80. The SMILES string of the molecule is Cc1ccc(-c2nc(SCc3cc(=O)n4cc(C)ccc4n3)n[nH]2)cc1. The summed E-state index contributed by atoms with van der Waals surface area (Å²) in [5.41, 5.74) is 4.50. The van der Waals surface area contributed by atoms with Crippen molar-refractivity contribution in [1.29, 1.82) is 0 Å². The fraction of sp³-hybridized carbons (Fsp3) is 0.158. The van der Waals surface area contributed by atoms with Crippen LogP contribution in [0.2, 0.25) is 0 Å². The van der Waals surface area contributed by atoms with Crippen LogP contribution in [0.15, 0.2) is 58.6 Å². The first-order valence-corrected chi connectivity index (χ1v) is 9.18. The maximum absolute atomic E-state index is 12.3. The molecule has 3 heterocycles. The van der Waals surface area contributed by atoms with Crippen LogP contribution in [0.4, 0.5) is 0 Å². The first-order valence-electron chi connectivity index (χ1n) is 8.20. The van der Waals surface area contributed by atoms with Crippen LogP contribution in [0.3, 0.4) is 0 Å². The van der Waals surface area contributed by atoms with E-state index in [1.165, 1.54) is 17.3 Å². The Morgan fingerprint density at radius 2 is 1.81 bits per heavy atom. The van der Waals surface area contributed by atoms with E-state index >= 15 is 0 Å². The number of thioether (sulfide) groups is 1. The summed E-state index contributed by atoms with van der Waals surface area (Å²) in [6, 6.07) is 13.5. The first kappa shape index (κ1) is 16.5. The maximum Gasteiger partial charge on any atom is 0.258 e. The molecule has 0 saturated heterocycles. The van der Waals surface area contributed by atoms with Crippen LogP contribution in [0.25, 0.3) is 17.0 Å². The predicted molar refractivity (Wildman–Crippen MR) is 102 cm³/mol. The van der Waals surface area contributed by atoms with E-state index in [1.54, 1.807) is 16.7 Å². The number of nitrogens with zero attached hydrogens (tertiary/aromatic N) is 4. The molecule has 0 aliphatic carbocycles. The number of aromatic nitrogens is 5. The lowest BCUT2D eigenvalue weighted by Gasteiger charge is -2.04. The standard InChI is InChI=1S/C19H17N5OS/c1-12-3-6-14(7-4-12)18-21-19(23-22-18)26-11-15-9-17(25)24-10-13(2)5-8-16(24)20-15/h3-10H,11H2,1-2H3,(H,21,22,23). The fourth-order valence-electron chi connectivity index (χ4n) is 2.62. The molecule has 6 nitrogen and oxygen atoms in total. The maximum atomic E-state index is 12.3. The van der Waals surface area contributed by atoms with Crippen molar-refractivity contribution in [2.45, 2.75) is 24.8 Å². The Kier molecular flexibility index (Phi) is 4.30. The summed E-state index contributed by atoms with van der Waals surface area (Å²) in [6.45, 7) is 4.00. The molecule has 26 heavy (non-hydrogen) atoms. The minimum Gasteiger partial charge on any atom is -0.269 e. The highest BCUT2D eigenvalue weighted by atomic mass is 32.2. The van der Waals surface area contributed by atoms with Crippen molar-refractivity contribution in [3.8, 4) is 11.4 Å². The zero-order valence-corrected chi connectivity index (χ0v) is 15.2. The summed E-state index contributed by atoms with van der Waals surface area (Å²) in [5, 5.41) is 7.83. The molecule has 0 radical (unpaired) electrons. The van der Waals surface area contributed by atoms with Gasteiger partial charge in [0.15, 0.2) is 5.82 Å². The molecule has 130 valence electrons. The topological polar surface area (TPSA) is 75.9 Å². The summed E-state index contributed by atoms with van der Waals surface area (Å²) >= 11 is 1.45. The normalized spacial score (nSPS) is 11.2. The van der Waals surface area contributed by atoms with Gasteiger partial charge in [-0.05, 0) is 25.5 Å². The summed E-state index contributed by atoms with van der Waals surface area (Å²) in [5.74, 6) is 1.26. The highest BCUT2D eigenvalue weighted by molar-refractivity contribution is 7.98. The van der Waals surface area contributed by atoms with E-state index in [0.29, 0.717) is 22.3 Å². The van der Waals surface area contributed by atoms with E-state index in [4.69, 9.17) is 0 Å². The van der Waals surface area contributed by atoms with Crippen LogP contribution < -0.4 is 5.56 Å². The molecular formula is C19H17N5OS. The molecule has 0 aliphatic rings. The molecule has 0 spiro atoms. The van der Waals surface area contributed by atoms with Gasteiger partial charge in [0.1, 0.15) is 5.65 Å². The zero-order chi connectivity index (χ0) is 18.1. The van der Waals surface area contributed by atoms with Gasteiger partial charge in [-0.15, -0.1) is 5.10 Å². The third kappa shape index (κ3) is 3.39. The Labute approximate surface area is 154 Å². The molecule has 0 saturated carbocycles. The Morgan fingerprint density at radius 1 is 1.04 bits per heavy atom. The average molecular weight is 363 g/mol. The molecule has 0 amide bonds. The number of H-pyrrole nitrogens is 1. The molecular weight excluding hydrogens is 346 g/mol. The van der Waals surface area contributed by atoms with Crippen molar-refractivity contribution in [2.75, 3.05) is 0 Å². The van der Waals surface area contributed by atoms with Crippen LogP contribution in [0.1, 0.15) is 16.8 Å². The van der Waals surface area contributed by atoms with Gasteiger partial charge < -0.3 is 0 Å². The number of aromatic amines is 1. The van der Waals surface area contributed by atoms with Gasteiger partial charge in [-0.1, -0.05) is 47.7 Å². The lowest BCUT2D eigenvalue weighted by atomic mass is 10.1. The number of hydrogen-bond donors (Lipinski definition) is 1. The van der Waals surface area contributed by atoms with E-state index < -0.39 is 0 Å². The number of pyridine rings is 1. The van der Waals surface area contributed by atoms with Gasteiger partial charge in [-0.3, -0.25) is 14.3 Å². The Balaban J connectivity index is 1.52. The predicted octanol–water partition coefficient (Wildman–Crippen LogP) is 3.39. The number of rotatable bonds is 4. The van der Waals surface area contributed by atoms with Crippen LogP contribution in [0.5, 0.6) is 0 Å². The highest BCUT2D eigenvalue weighted by Crippen LogP contribution is 2.22. The molecule has 0 unspecified atom stereocenters. The first-order chi connectivity index (χ1) is 12.6. The summed E-state index contributed by atoms with van der Waals surface area (Å²) in [4.78, 5) is 21.3. The van der Waals surface area contributed by atoms with Crippen LogP contribution in [-0.4, -0.2) is 24.6 Å². The molecule has 0 bridgehead atoms. The molecule has 7 heteroatoms. The van der Waals surface area contributed by atoms with Gasteiger partial charge in [-0.2, -0.15) is 0 Å².